The van der Waals surface area contributed by atoms with Crippen molar-refractivity contribution >= 4 is 70.6 Å². The number of ether oxygens (including phenoxy) is 2. The van der Waals surface area contributed by atoms with Crippen LogP contribution in [0.4, 0.5) is 25.8 Å². The quantitative estimate of drug-likeness (QED) is 0.0459. The van der Waals surface area contributed by atoms with Crippen molar-refractivity contribution in [2.24, 2.45) is 34.0 Å². The smallest absolute Gasteiger partial charge is 0.407 e. The van der Waals surface area contributed by atoms with E-state index in [0.29, 0.717) is 85.4 Å². The lowest BCUT2D eigenvalue weighted by Crippen LogP contribution is -2.53. The van der Waals surface area contributed by atoms with Crippen molar-refractivity contribution in [3.8, 4) is 11.1 Å². The van der Waals surface area contributed by atoms with Crippen LogP contribution in [0, 0.1) is 11.8 Å². The van der Waals surface area contributed by atoms with Gasteiger partial charge in [0.2, 0.25) is 17.7 Å². The predicted octanol–water partition coefficient (Wildman–Crippen LogP) is 5.02. The number of amidine groups is 1. The molecule has 390 valence electrons. The van der Waals surface area contributed by atoms with Gasteiger partial charge >= 0.3 is 18.2 Å². The van der Waals surface area contributed by atoms with Gasteiger partial charge in [0.15, 0.2) is 4.90 Å². The predicted molar refractivity (Wildman–Crippen MR) is 278 cm³/mol. The Morgan fingerprint density at radius 2 is 1.61 bits per heavy atom. The van der Waals surface area contributed by atoms with E-state index in [1.807, 2.05) is 59.8 Å². The number of benzene rings is 3. The van der Waals surface area contributed by atoms with Crippen LogP contribution in [0.2, 0.25) is 0 Å². The Bertz CT molecular complexity index is 2440. The maximum atomic E-state index is 13.8. The first-order valence-electron chi connectivity index (χ1n) is 24.3. The first-order chi connectivity index (χ1) is 34.2. The third kappa shape index (κ3) is 17.6. The first-order valence-corrected chi connectivity index (χ1v) is 25.4. The molecular formula is C51H71N11O9S. The summed E-state index contributed by atoms with van der Waals surface area (Å²) in [4.78, 5) is 82.5. The lowest BCUT2D eigenvalue weighted by atomic mass is 10.0. The van der Waals surface area contributed by atoms with Gasteiger partial charge in [-0.2, -0.15) is 0 Å². The summed E-state index contributed by atoms with van der Waals surface area (Å²) in [5.41, 5.74) is 21.6. The van der Waals surface area contributed by atoms with E-state index in [1.54, 1.807) is 63.8 Å². The number of carbonyl (C=O) groups is 6. The number of alkyl carbamates (subject to hydrolysis) is 2. The summed E-state index contributed by atoms with van der Waals surface area (Å²) in [5, 5.41) is 13.5. The number of rotatable bonds is 23. The van der Waals surface area contributed by atoms with Gasteiger partial charge in [-0.1, -0.05) is 57.2 Å². The van der Waals surface area contributed by atoms with Crippen LogP contribution in [0.5, 0.6) is 0 Å². The van der Waals surface area contributed by atoms with Crippen molar-refractivity contribution in [1.29, 1.82) is 0 Å². The second kappa shape index (κ2) is 26.7. The summed E-state index contributed by atoms with van der Waals surface area (Å²) < 4.78 is 26.2. The lowest BCUT2D eigenvalue weighted by Gasteiger charge is -2.37. The number of aliphatic imine (C=N–C) groups is 1. The van der Waals surface area contributed by atoms with Gasteiger partial charge in [-0.15, -0.1) is 4.31 Å². The summed E-state index contributed by atoms with van der Waals surface area (Å²) in [7, 11) is 0. The largest absolute Gasteiger partial charge is 0.593 e. The van der Waals surface area contributed by atoms with Crippen molar-refractivity contribution in [3.63, 3.8) is 0 Å². The molecule has 1 unspecified atom stereocenters. The van der Waals surface area contributed by atoms with Crippen LogP contribution in [-0.4, -0.2) is 119 Å². The Labute approximate surface area is 424 Å². The molecule has 0 aliphatic carbocycles. The van der Waals surface area contributed by atoms with Crippen molar-refractivity contribution in [2.75, 3.05) is 51.1 Å². The first kappa shape index (κ1) is 56.2. The highest BCUT2D eigenvalue weighted by Crippen LogP contribution is 2.34. The van der Waals surface area contributed by atoms with Crippen LogP contribution < -0.4 is 43.8 Å². The van der Waals surface area contributed by atoms with Crippen molar-refractivity contribution in [1.82, 2.24) is 30.5 Å². The standard InChI is InChI=1S/C51H71N11O9S/c1-7-22-61(23-10-21-56-50(68)71-51(4,5)6)47(65)38-24-37-17-16-36(26-42(37)59-43(52)27-38)35-11-8-12-40(25-35)72(69)62-29-34(30-62)28-57-49(67)70-31-33-14-18-39(19-15-33)58-45(63)41(13-9-20-55-48(54)66)60-46(64)44(53)32(2)3/h8,11-12,14-19,24-26,32,34,41,44H,7,9-10,13,20-23,27-31,53H2,1-6H3,(H2,52,59)(H,56,68)(H,57,67)(H,58,63)(H,60,64)(H3,54,55,66)/t41-,44-,72?/m0/s1. The molecule has 2 aliphatic rings. The maximum Gasteiger partial charge on any atom is 0.407 e. The fourth-order valence-electron chi connectivity index (χ4n) is 7.69. The molecule has 3 aromatic rings. The van der Waals surface area contributed by atoms with Gasteiger partial charge in [-0.05, 0) is 99.4 Å². The van der Waals surface area contributed by atoms with Gasteiger partial charge in [-0.25, -0.2) is 19.4 Å². The monoisotopic (exact) mass is 1010 g/mol. The molecule has 11 N–H and O–H groups in total. The molecule has 3 aromatic carbocycles. The highest BCUT2D eigenvalue weighted by atomic mass is 32.2. The Balaban J connectivity index is 1.08. The van der Waals surface area contributed by atoms with E-state index in [0.717, 1.165) is 23.1 Å². The fraction of sp³-hybridized carbons (Fsp3) is 0.471. The zero-order chi connectivity index (χ0) is 52.5. The van der Waals surface area contributed by atoms with Gasteiger partial charge in [0.25, 0.3) is 0 Å². The van der Waals surface area contributed by atoms with E-state index in [9.17, 15) is 33.3 Å². The zero-order valence-electron chi connectivity index (χ0n) is 42.1. The van der Waals surface area contributed by atoms with Crippen LogP contribution >= 0.6 is 0 Å². The van der Waals surface area contributed by atoms with Crippen molar-refractivity contribution in [3.05, 3.63) is 83.4 Å². The number of nitrogens with two attached hydrogens (primary N) is 3. The molecule has 0 radical (unpaired) electrons. The number of carbonyl (C=O) groups excluding carboxylic acids is 6. The average molecular weight is 1010 g/mol. The number of nitrogens with zero attached hydrogens (tertiary/aromatic N) is 3. The number of primary amides is 1. The Morgan fingerprint density at radius 3 is 2.29 bits per heavy atom. The Kier molecular flexibility index (Phi) is 20.8. The van der Waals surface area contributed by atoms with E-state index < -0.39 is 59.1 Å². The Morgan fingerprint density at radius 1 is 0.903 bits per heavy atom. The topological polar surface area (TPSA) is 301 Å². The van der Waals surface area contributed by atoms with Crippen LogP contribution in [0.25, 0.3) is 17.2 Å². The fourth-order valence-corrected chi connectivity index (χ4v) is 9.10. The summed E-state index contributed by atoms with van der Waals surface area (Å²) in [6.45, 7) is 13.9. The third-order valence-electron chi connectivity index (χ3n) is 11.6. The van der Waals surface area contributed by atoms with Gasteiger partial charge in [0, 0.05) is 68.0 Å². The molecule has 1 saturated heterocycles. The molecule has 7 amide bonds. The molecule has 20 nitrogen and oxygen atoms in total. The highest BCUT2D eigenvalue weighted by Gasteiger charge is 2.37. The number of nitrogens with one attached hydrogen (secondary N) is 5. The maximum absolute atomic E-state index is 13.8. The van der Waals surface area contributed by atoms with Crippen LogP contribution in [-0.2, 0) is 41.8 Å². The summed E-state index contributed by atoms with van der Waals surface area (Å²) in [6, 6.07) is 17.5. The second-order valence-corrected chi connectivity index (χ2v) is 20.7. The minimum atomic E-state index is -1.45. The molecule has 0 bridgehead atoms. The van der Waals surface area contributed by atoms with Crippen LogP contribution in [0.15, 0.2) is 82.2 Å². The van der Waals surface area contributed by atoms with E-state index in [2.05, 4.69) is 31.6 Å². The SMILES string of the molecule is CCCN(CCCNC(=O)OC(C)(C)C)C(=O)C1=Cc2ccc(-c3cccc([S+]([O-])N4CC(CNC(=O)OCc5ccc(NC(=O)[C@H](CCCNC(N)=O)NC(=O)[C@@H](N)C(C)C)cc5)C4)c3)cc2N=C(N)C1. The normalized spacial score (nSPS) is 15.0. The van der Waals surface area contributed by atoms with Gasteiger partial charge < -0.3 is 62.7 Å². The molecule has 0 aromatic heterocycles. The highest BCUT2D eigenvalue weighted by molar-refractivity contribution is 7.89. The molecule has 2 heterocycles. The van der Waals surface area contributed by atoms with E-state index in [4.69, 9.17) is 26.7 Å². The lowest BCUT2D eigenvalue weighted by molar-refractivity contribution is -0.128. The number of amides is 7. The molecule has 72 heavy (non-hydrogen) atoms. The van der Waals surface area contributed by atoms with Gasteiger partial charge in [-0.3, -0.25) is 14.4 Å². The van der Waals surface area contributed by atoms with E-state index >= 15 is 0 Å². The average Bonchev–Trinajstić information content (AvgIpc) is 3.48. The van der Waals surface area contributed by atoms with Gasteiger partial charge in [0.1, 0.15) is 24.1 Å². The van der Waals surface area contributed by atoms with Crippen molar-refractivity contribution < 1.29 is 42.8 Å². The Hall–Kier alpha value is -6.68. The summed E-state index contributed by atoms with van der Waals surface area (Å²) in [5.74, 6) is -0.830. The number of fused-ring (bicyclic) bond motifs is 1. The number of anilines is 1. The molecule has 5 rings (SSSR count). The molecule has 0 saturated carbocycles. The molecular weight excluding hydrogens is 943 g/mol. The molecule has 21 heteroatoms. The number of urea groups is 1. The molecule has 3 atom stereocenters. The van der Waals surface area contributed by atoms with Crippen LogP contribution in [0.1, 0.15) is 84.8 Å². The van der Waals surface area contributed by atoms with Gasteiger partial charge in [0.05, 0.1) is 36.2 Å². The summed E-state index contributed by atoms with van der Waals surface area (Å²) >= 11 is -1.45. The second-order valence-electron chi connectivity index (χ2n) is 19.2. The number of hydrogen-bond acceptors (Lipinski definition) is 13. The van der Waals surface area contributed by atoms with Crippen LogP contribution in [0.3, 0.4) is 0 Å². The zero-order valence-corrected chi connectivity index (χ0v) is 42.9. The minimum absolute atomic E-state index is 0.0196. The molecule has 1 fully saturated rings. The molecule has 0 spiro atoms. The summed E-state index contributed by atoms with van der Waals surface area (Å²) in [6.07, 6.45) is 2.84. The van der Waals surface area contributed by atoms with Crippen molar-refractivity contribution in [2.45, 2.75) is 103 Å². The third-order valence-corrected chi connectivity index (χ3v) is 13.0. The van der Waals surface area contributed by atoms with E-state index in [1.165, 1.54) is 0 Å². The number of hydrogen-bond donors (Lipinski definition) is 8. The minimum Gasteiger partial charge on any atom is -0.593 e. The molecule has 2 aliphatic heterocycles. The van der Waals surface area contributed by atoms with E-state index in [-0.39, 0.29) is 43.7 Å².